The van der Waals surface area contributed by atoms with Crippen molar-refractivity contribution in [3.8, 4) is 0 Å². The molecule has 8 atom stereocenters. The topological polar surface area (TPSA) is 87.0 Å². The molecule has 3 N–H and O–H groups in total. The van der Waals surface area contributed by atoms with Gasteiger partial charge < -0.3 is 20.1 Å². The summed E-state index contributed by atoms with van der Waals surface area (Å²) < 4.78 is 5.45. The third kappa shape index (κ3) is 5.62. The van der Waals surface area contributed by atoms with Crippen molar-refractivity contribution in [2.24, 2.45) is 34.5 Å². The molecule has 38 heavy (non-hydrogen) atoms. The molecule has 0 spiro atoms. The fraction of sp³-hybridized carbons (Fsp3) is 0.727. The Bertz CT molecular complexity index is 972. The fourth-order valence-corrected chi connectivity index (χ4v) is 7.59. The van der Waals surface area contributed by atoms with Gasteiger partial charge in [-0.05, 0) is 92.1 Å². The van der Waals surface area contributed by atoms with Crippen LogP contribution in [0.25, 0.3) is 0 Å². The number of hydrogen-bond donors (Lipinski definition) is 3. The molecule has 0 heterocycles. The number of unbranched alkanes of at least 4 members (excludes halogenated alkanes) is 1. The highest BCUT2D eigenvalue weighted by molar-refractivity contribution is 5.81. The van der Waals surface area contributed by atoms with Gasteiger partial charge in [-0.2, -0.15) is 0 Å². The van der Waals surface area contributed by atoms with Crippen molar-refractivity contribution in [1.82, 2.24) is 0 Å². The van der Waals surface area contributed by atoms with Crippen LogP contribution in [0.1, 0.15) is 91.9 Å². The molecule has 5 nitrogen and oxygen atoms in total. The lowest BCUT2D eigenvalue weighted by Crippen LogP contribution is -2.36. The highest BCUT2D eigenvalue weighted by Gasteiger charge is 2.56. The molecule has 0 unspecified atom stereocenters. The van der Waals surface area contributed by atoms with Gasteiger partial charge in [-0.3, -0.25) is 4.79 Å². The maximum absolute atomic E-state index is 12.6. The number of aliphatic hydroxyl groups is 3. The van der Waals surface area contributed by atoms with E-state index in [4.69, 9.17) is 4.74 Å². The number of allylic oxidation sites excluding steroid dienone is 4. The standard InChI is InChI=1S/C33H50O5/c1-6-7-19-38-31(37)33(17-18-33)29(35)15-10-21(2)26-13-14-27-24(9-8-16-32(26,27)5)11-12-25-20-28(34)23(4)30(36)22(25)3/h10-12,15,21,23,26-30,34-36H,3,6-9,13-14,16-20H2,1-2,4-5H3/b15-10?,24-11+,25-12+/t21-,23+,26-,27+,28-,29-,30-,32-/m1/s1. The first kappa shape index (κ1) is 29.3. The normalized spacial score (nSPS) is 38.4. The van der Waals surface area contributed by atoms with Gasteiger partial charge in [0.25, 0.3) is 0 Å². The first-order valence-corrected chi connectivity index (χ1v) is 15.0. The fourth-order valence-electron chi connectivity index (χ4n) is 7.59. The van der Waals surface area contributed by atoms with Gasteiger partial charge in [-0.15, -0.1) is 0 Å². The lowest BCUT2D eigenvalue weighted by atomic mass is 9.61. The summed E-state index contributed by atoms with van der Waals surface area (Å²) in [6, 6.07) is 0. The molecule has 4 rings (SSSR count). The van der Waals surface area contributed by atoms with E-state index in [1.165, 1.54) is 12.0 Å². The van der Waals surface area contributed by atoms with E-state index in [1.807, 2.05) is 13.0 Å². The van der Waals surface area contributed by atoms with Gasteiger partial charge in [0, 0.05) is 5.92 Å². The summed E-state index contributed by atoms with van der Waals surface area (Å²) in [6.07, 6.45) is 15.9. The molecular formula is C33H50O5. The molecule has 212 valence electrons. The molecule has 0 bridgehead atoms. The van der Waals surface area contributed by atoms with E-state index in [1.54, 1.807) is 0 Å². The molecular weight excluding hydrogens is 476 g/mol. The van der Waals surface area contributed by atoms with Crippen molar-refractivity contribution in [1.29, 1.82) is 0 Å². The summed E-state index contributed by atoms with van der Waals surface area (Å²) in [6.45, 7) is 13.2. The first-order valence-electron chi connectivity index (χ1n) is 15.0. The number of esters is 1. The predicted molar refractivity (Wildman–Crippen MR) is 151 cm³/mol. The minimum absolute atomic E-state index is 0.185. The summed E-state index contributed by atoms with van der Waals surface area (Å²) in [5.74, 6) is 0.931. The third-order valence-corrected chi connectivity index (χ3v) is 10.6. The van der Waals surface area contributed by atoms with Crippen LogP contribution in [0.2, 0.25) is 0 Å². The van der Waals surface area contributed by atoms with Crippen LogP contribution in [-0.4, -0.2) is 46.2 Å². The molecule has 4 aliphatic rings. The molecule has 4 fully saturated rings. The van der Waals surface area contributed by atoms with Crippen molar-refractivity contribution in [3.63, 3.8) is 0 Å². The minimum atomic E-state index is -0.783. The molecule has 0 aliphatic heterocycles. The molecule has 0 aromatic heterocycles. The van der Waals surface area contributed by atoms with Crippen LogP contribution in [0.3, 0.4) is 0 Å². The van der Waals surface area contributed by atoms with Gasteiger partial charge in [-0.1, -0.05) is 70.6 Å². The van der Waals surface area contributed by atoms with Crippen LogP contribution in [-0.2, 0) is 9.53 Å². The van der Waals surface area contributed by atoms with Crippen LogP contribution < -0.4 is 0 Å². The Kier molecular flexibility index (Phi) is 9.11. The van der Waals surface area contributed by atoms with Gasteiger partial charge in [0.05, 0.1) is 30.3 Å². The van der Waals surface area contributed by atoms with Gasteiger partial charge in [0.1, 0.15) is 0 Å². The summed E-state index contributed by atoms with van der Waals surface area (Å²) in [5.41, 5.74) is 2.65. The quantitative estimate of drug-likeness (QED) is 0.193. The maximum atomic E-state index is 12.6. The van der Waals surface area contributed by atoms with Crippen molar-refractivity contribution in [2.45, 2.75) is 110 Å². The Labute approximate surface area is 229 Å². The lowest BCUT2D eigenvalue weighted by Gasteiger charge is -2.44. The number of aliphatic hydroxyl groups excluding tert-OH is 3. The third-order valence-electron chi connectivity index (χ3n) is 10.6. The minimum Gasteiger partial charge on any atom is -0.465 e. The number of hydrogen-bond acceptors (Lipinski definition) is 5. The van der Waals surface area contributed by atoms with E-state index in [2.05, 4.69) is 45.6 Å². The monoisotopic (exact) mass is 526 g/mol. The molecule has 0 aromatic rings. The first-order chi connectivity index (χ1) is 18.0. The Balaban J connectivity index is 1.42. The van der Waals surface area contributed by atoms with E-state index < -0.39 is 23.7 Å². The van der Waals surface area contributed by atoms with Crippen molar-refractivity contribution < 1.29 is 24.9 Å². The van der Waals surface area contributed by atoms with Gasteiger partial charge in [0.15, 0.2) is 0 Å². The van der Waals surface area contributed by atoms with E-state index in [0.29, 0.717) is 43.6 Å². The molecule has 0 amide bonds. The average molecular weight is 527 g/mol. The number of carbonyl (C=O) groups excluding carboxylic acids is 1. The Morgan fingerprint density at radius 1 is 1.18 bits per heavy atom. The zero-order chi connectivity index (χ0) is 27.7. The number of rotatable bonds is 9. The Morgan fingerprint density at radius 3 is 2.61 bits per heavy atom. The highest BCUT2D eigenvalue weighted by atomic mass is 16.5. The second kappa shape index (κ2) is 11.8. The highest BCUT2D eigenvalue weighted by Crippen LogP contribution is 2.59. The van der Waals surface area contributed by atoms with Crippen LogP contribution in [0.5, 0.6) is 0 Å². The van der Waals surface area contributed by atoms with Crippen molar-refractivity contribution >= 4 is 5.97 Å². The molecule has 4 saturated carbocycles. The maximum Gasteiger partial charge on any atom is 0.315 e. The van der Waals surface area contributed by atoms with Crippen LogP contribution in [0.15, 0.2) is 47.6 Å². The number of carbonyl (C=O) groups is 1. The molecule has 0 radical (unpaired) electrons. The molecule has 5 heteroatoms. The molecule has 0 aromatic carbocycles. The molecule has 0 saturated heterocycles. The van der Waals surface area contributed by atoms with Crippen molar-refractivity contribution in [2.75, 3.05) is 6.61 Å². The largest absolute Gasteiger partial charge is 0.465 e. The van der Waals surface area contributed by atoms with Gasteiger partial charge >= 0.3 is 5.97 Å². The summed E-state index contributed by atoms with van der Waals surface area (Å²) in [4.78, 5) is 12.6. The van der Waals surface area contributed by atoms with E-state index >= 15 is 0 Å². The van der Waals surface area contributed by atoms with E-state index in [0.717, 1.165) is 49.7 Å². The Morgan fingerprint density at radius 2 is 1.92 bits per heavy atom. The van der Waals surface area contributed by atoms with Gasteiger partial charge in [0.2, 0.25) is 0 Å². The Hall–Kier alpha value is -1.69. The summed E-state index contributed by atoms with van der Waals surface area (Å²) in [7, 11) is 0. The van der Waals surface area contributed by atoms with Crippen molar-refractivity contribution in [3.05, 3.63) is 47.6 Å². The second-order valence-corrected chi connectivity index (χ2v) is 13.0. The zero-order valence-electron chi connectivity index (χ0n) is 24.0. The van der Waals surface area contributed by atoms with E-state index in [-0.39, 0.29) is 17.3 Å². The van der Waals surface area contributed by atoms with Crippen LogP contribution >= 0.6 is 0 Å². The summed E-state index contributed by atoms with van der Waals surface area (Å²) >= 11 is 0. The second-order valence-electron chi connectivity index (χ2n) is 13.0. The number of fused-ring (bicyclic) bond motifs is 1. The smallest absolute Gasteiger partial charge is 0.315 e. The van der Waals surface area contributed by atoms with E-state index in [9.17, 15) is 20.1 Å². The van der Waals surface area contributed by atoms with Crippen LogP contribution in [0, 0.1) is 34.5 Å². The molecule has 4 aliphatic carbocycles. The lowest BCUT2D eigenvalue weighted by molar-refractivity contribution is -0.153. The SMILES string of the molecule is C=C1/C(=C/C=C2\CCC[C@]3(C)[C@@H]([C@H](C)C=C[C@@H](O)C4(C(=O)OCCCC)CC4)CC[C@@H]23)C[C@@H](O)[C@H](C)[C@@H]1O. The average Bonchev–Trinajstić information content (AvgIpc) is 3.63. The van der Waals surface area contributed by atoms with Gasteiger partial charge in [-0.25, -0.2) is 0 Å². The summed E-state index contributed by atoms with van der Waals surface area (Å²) in [5, 5.41) is 31.8. The zero-order valence-corrected chi connectivity index (χ0v) is 24.0. The number of ether oxygens (including phenoxy) is 1. The van der Waals surface area contributed by atoms with Crippen LogP contribution in [0.4, 0.5) is 0 Å². The predicted octanol–water partition coefficient (Wildman–Crippen LogP) is 6.05.